The van der Waals surface area contributed by atoms with Crippen molar-refractivity contribution in [3.05, 3.63) is 53.6 Å². The first-order valence-corrected chi connectivity index (χ1v) is 9.95. The lowest BCUT2D eigenvalue weighted by molar-refractivity contribution is -0.274. The minimum atomic E-state index is -4.83. The number of aryl methyl sites for hydroxylation is 1. The number of fused-ring (bicyclic) bond motifs is 1. The Labute approximate surface area is 185 Å². The standard InChI is InChI=1S/C22H19F3N2O6/c1-13-16-12-19(32-21(29)30)31-18(16)6-5-17(13)26-7-9-27(10-8-26)20(28)14-3-2-4-15(11-14)33-22(23,24)25/h2-6,11-12H,7-10H2,1H3,(H,29,30). The third-order valence-electron chi connectivity index (χ3n) is 5.33. The first-order valence-electron chi connectivity index (χ1n) is 9.95. The summed E-state index contributed by atoms with van der Waals surface area (Å²) in [4.78, 5) is 27.2. The van der Waals surface area contributed by atoms with Crippen LogP contribution < -0.4 is 14.4 Å². The van der Waals surface area contributed by atoms with Gasteiger partial charge in [0.2, 0.25) is 0 Å². The first kappa shape index (κ1) is 22.3. The van der Waals surface area contributed by atoms with Crippen LogP contribution in [0.5, 0.6) is 11.7 Å². The Bertz CT molecular complexity index is 1200. The summed E-state index contributed by atoms with van der Waals surface area (Å²) in [6.45, 7) is 3.64. The van der Waals surface area contributed by atoms with E-state index in [1.807, 2.05) is 13.0 Å². The second-order valence-corrected chi connectivity index (χ2v) is 7.41. The van der Waals surface area contributed by atoms with Gasteiger partial charge in [0.25, 0.3) is 11.9 Å². The molecule has 11 heteroatoms. The van der Waals surface area contributed by atoms with E-state index in [4.69, 9.17) is 9.52 Å². The molecule has 8 nitrogen and oxygen atoms in total. The van der Waals surface area contributed by atoms with Crippen LogP contribution in [0.4, 0.5) is 23.7 Å². The molecule has 1 aliphatic heterocycles. The largest absolute Gasteiger partial charge is 0.573 e. The Balaban J connectivity index is 1.45. The lowest BCUT2D eigenvalue weighted by Gasteiger charge is -2.37. The van der Waals surface area contributed by atoms with Gasteiger partial charge in [-0.2, -0.15) is 0 Å². The lowest BCUT2D eigenvalue weighted by atomic mass is 10.1. The molecule has 2 heterocycles. The fourth-order valence-electron chi connectivity index (χ4n) is 3.85. The summed E-state index contributed by atoms with van der Waals surface area (Å²) in [5, 5.41) is 9.47. The molecule has 0 atom stereocenters. The molecule has 0 unspecified atom stereocenters. The van der Waals surface area contributed by atoms with Crippen LogP contribution in [-0.4, -0.2) is 54.6 Å². The number of rotatable bonds is 4. The fourth-order valence-corrected chi connectivity index (χ4v) is 3.85. The zero-order valence-corrected chi connectivity index (χ0v) is 17.4. The summed E-state index contributed by atoms with van der Waals surface area (Å²) in [6.07, 6.45) is -6.30. The third-order valence-corrected chi connectivity index (χ3v) is 5.33. The van der Waals surface area contributed by atoms with Crippen LogP contribution in [0.3, 0.4) is 0 Å². The number of carbonyl (C=O) groups excluding carboxylic acids is 1. The second kappa shape index (κ2) is 8.57. The van der Waals surface area contributed by atoms with Crippen molar-refractivity contribution in [2.45, 2.75) is 13.3 Å². The Morgan fingerprint density at radius 3 is 2.45 bits per heavy atom. The Morgan fingerprint density at radius 2 is 1.79 bits per heavy atom. The molecule has 1 fully saturated rings. The number of anilines is 1. The SMILES string of the molecule is Cc1c(N2CCN(C(=O)c3cccc(OC(F)(F)F)c3)CC2)ccc2oc(OC(=O)O)cc12. The van der Waals surface area contributed by atoms with Gasteiger partial charge in [-0.3, -0.25) is 4.79 Å². The molecule has 1 aliphatic rings. The number of hydrogen-bond donors (Lipinski definition) is 1. The number of hydrogen-bond acceptors (Lipinski definition) is 6. The fraction of sp³-hybridized carbons (Fsp3) is 0.273. The summed E-state index contributed by atoms with van der Waals surface area (Å²) >= 11 is 0. The molecular formula is C22H19F3N2O6. The van der Waals surface area contributed by atoms with Crippen molar-refractivity contribution >= 4 is 28.7 Å². The van der Waals surface area contributed by atoms with Gasteiger partial charge in [0.1, 0.15) is 11.3 Å². The highest BCUT2D eigenvalue weighted by atomic mass is 19.4. The molecule has 0 saturated carbocycles. The van der Waals surface area contributed by atoms with Gasteiger partial charge in [0.05, 0.1) is 0 Å². The normalized spacial score (nSPS) is 14.4. The van der Waals surface area contributed by atoms with Crippen LogP contribution in [0.2, 0.25) is 0 Å². The summed E-state index contributed by atoms with van der Waals surface area (Å²) in [5.74, 6) is -0.938. The lowest BCUT2D eigenvalue weighted by Crippen LogP contribution is -2.49. The van der Waals surface area contributed by atoms with Gasteiger partial charge in [-0.1, -0.05) is 6.07 Å². The predicted molar refractivity (Wildman–Crippen MR) is 111 cm³/mol. The molecule has 0 bridgehead atoms. The average molecular weight is 464 g/mol. The van der Waals surface area contributed by atoms with Gasteiger partial charge in [-0.25, -0.2) is 4.79 Å². The maximum atomic E-state index is 12.8. The molecule has 2 aromatic carbocycles. The quantitative estimate of drug-likeness (QED) is 0.562. The minimum absolute atomic E-state index is 0.118. The highest BCUT2D eigenvalue weighted by Crippen LogP contribution is 2.34. The molecule has 0 aliphatic carbocycles. The van der Waals surface area contributed by atoms with Crippen molar-refractivity contribution in [1.82, 2.24) is 4.90 Å². The van der Waals surface area contributed by atoms with Gasteiger partial charge < -0.3 is 28.8 Å². The van der Waals surface area contributed by atoms with E-state index < -0.39 is 18.3 Å². The minimum Gasteiger partial charge on any atom is -0.449 e. The molecule has 33 heavy (non-hydrogen) atoms. The van der Waals surface area contributed by atoms with Crippen LogP contribution in [-0.2, 0) is 0 Å². The number of benzene rings is 2. The highest BCUT2D eigenvalue weighted by Gasteiger charge is 2.31. The highest BCUT2D eigenvalue weighted by molar-refractivity contribution is 5.95. The molecular weight excluding hydrogens is 445 g/mol. The van der Waals surface area contributed by atoms with Crippen molar-refractivity contribution < 1.29 is 41.8 Å². The molecule has 1 N–H and O–H groups in total. The van der Waals surface area contributed by atoms with Gasteiger partial charge in [0, 0.05) is 48.9 Å². The third kappa shape index (κ3) is 4.97. The number of halogens is 3. The number of ether oxygens (including phenoxy) is 2. The Hall–Kier alpha value is -3.89. The monoisotopic (exact) mass is 464 g/mol. The van der Waals surface area contributed by atoms with E-state index in [-0.39, 0.29) is 17.4 Å². The van der Waals surface area contributed by atoms with E-state index in [9.17, 15) is 22.8 Å². The van der Waals surface area contributed by atoms with E-state index >= 15 is 0 Å². The number of carbonyl (C=O) groups is 2. The van der Waals surface area contributed by atoms with E-state index in [0.29, 0.717) is 37.1 Å². The maximum absolute atomic E-state index is 12.8. The van der Waals surface area contributed by atoms with Gasteiger partial charge in [-0.15, -0.1) is 13.2 Å². The van der Waals surface area contributed by atoms with Crippen molar-refractivity contribution in [3.8, 4) is 11.7 Å². The number of carboxylic acid groups (broad SMARTS) is 1. The summed E-state index contributed by atoms with van der Waals surface area (Å²) < 4.78 is 51.2. The number of piperazine rings is 1. The summed E-state index contributed by atoms with van der Waals surface area (Å²) in [7, 11) is 0. The number of alkyl halides is 3. The smallest absolute Gasteiger partial charge is 0.449 e. The molecule has 0 spiro atoms. The Morgan fingerprint density at radius 1 is 1.06 bits per heavy atom. The van der Waals surface area contributed by atoms with E-state index in [0.717, 1.165) is 23.4 Å². The number of furan rings is 1. The molecule has 174 valence electrons. The molecule has 4 rings (SSSR count). The van der Waals surface area contributed by atoms with Crippen molar-refractivity contribution in [2.24, 2.45) is 0 Å². The molecule has 1 saturated heterocycles. The topological polar surface area (TPSA) is 92.5 Å². The van der Waals surface area contributed by atoms with Crippen molar-refractivity contribution in [1.29, 1.82) is 0 Å². The van der Waals surface area contributed by atoms with Gasteiger partial charge in [-0.05, 0) is 42.8 Å². The predicted octanol–water partition coefficient (Wildman–Crippen LogP) is 4.66. The second-order valence-electron chi connectivity index (χ2n) is 7.41. The maximum Gasteiger partial charge on any atom is 0.573 e. The molecule has 1 aromatic heterocycles. The zero-order valence-electron chi connectivity index (χ0n) is 17.4. The van der Waals surface area contributed by atoms with Crippen LogP contribution in [0.15, 0.2) is 46.9 Å². The Kier molecular flexibility index (Phi) is 5.79. The first-order chi connectivity index (χ1) is 15.6. The van der Waals surface area contributed by atoms with E-state index in [1.54, 1.807) is 11.0 Å². The van der Waals surface area contributed by atoms with Crippen LogP contribution >= 0.6 is 0 Å². The van der Waals surface area contributed by atoms with Crippen molar-refractivity contribution in [3.63, 3.8) is 0 Å². The van der Waals surface area contributed by atoms with E-state index in [1.165, 1.54) is 18.2 Å². The zero-order chi connectivity index (χ0) is 23.8. The van der Waals surface area contributed by atoms with Crippen LogP contribution in [0.25, 0.3) is 11.0 Å². The van der Waals surface area contributed by atoms with Gasteiger partial charge >= 0.3 is 12.5 Å². The van der Waals surface area contributed by atoms with Crippen LogP contribution in [0.1, 0.15) is 15.9 Å². The number of nitrogens with zero attached hydrogens (tertiary/aromatic N) is 2. The van der Waals surface area contributed by atoms with Crippen LogP contribution in [0, 0.1) is 6.92 Å². The molecule has 3 aromatic rings. The molecule has 1 amide bonds. The average Bonchev–Trinajstić information content (AvgIpc) is 3.15. The number of amides is 1. The van der Waals surface area contributed by atoms with Gasteiger partial charge in [0.15, 0.2) is 0 Å². The molecule has 0 radical (unpaired) electrons. The summed E-state index contributed by atoms with van der Waals surface area (Å²) in [6, 6.07) is 10.1. The van der Waals surface area contributed by atoms with E-state index in [2.05, 4.69) is 14.4 Å². The summed E-state index contributed by atoms with van der Waals surface area (Å²) in [5.41, 5.74) is 2.38. The van der Waals surface area contributed by atoms with Crippen molar-refractivity contribution in [2.75, 3.05) is 31.1 Å².